The van der Waals surface area contributed by atoms with Gasteiger partial charge in [-0.1, -0.05) is 40.5 Å². The molecule has 2 aliphatic rings. The zero-order valence-corrected chi connectivity index (χ0v) is 16.7. The molecule has 8 nitrogen and oxygen atoms in total. The number of hydrogen-bond donors (Lipinski definition) is 2. The van der Waals surface area contributed by atoms with E-state index < -0.39 is 36.6 Å². The standard InChI is InChI=1S/C19H31N3O5/c1-5-19(6-2)17(25)22(18(26)21-19)10-16(24)27-11-15(23)20-14-9-7-8-12(3)13(14)4/h12-14H,5-11H2,1-4H3,(H,20,23)(H,21,26)/t12-,13-,14-/m0/s1. The summed E-state index contributed by atoms with van der Waals surface area (Å²) in [6.45, 7) is 7.01. The minimum Gasteiger partial charge on any atom is -0.454 e. The predicted octanol–water partition coefficient (Wildman–Crippen LogP) is 1.58. The van der Waals surface area contributed by atoms with Crippen molar-refractivity contribution < 1.29 is 23.9 Å². The molecule has 4 amide bonds. The van der Waals surface area contributed by atoms with Crippen LogP contribution in [0.15, 0.2) is 0 Å². The first-order chi connectivity index (χ1) is 12.7. The Labute approximate surface area is 160 Å². The number of ether oxygens (including phenoxy) is 1. The molecule has 0 aromatic rings. The fourth-order valence-electron chi connectivity index (χ4n) is 3.90. The molecule has 1 aliphatic heterocycles. The van der Waals surface area contributed by atoms with Gasteiger partial charge in [0.05, 0.1) is 0 Å². The van der Waals surface area contributed by atoms with Crippen LogP contribution in [0.25, 0.3) is 0 Å². The molecule has 3 atom stereocenters. The van der Waals surface area contributed by atoms with Crippen LogP contribution >= 0.6 is 0 Å². The fourth-order valence-corrected chi connectivity index (χ4v) is 3.90. The summed E-state index contributed by atoms with van der Waals surface area (Å²) in [6, 6.07) is -0.518. The lowest BCUT2D eigenvalue weighted by Crippen LogP contribution is -2.46. The van der Waals surface area contributed by atoms with Gasteiger partial charge in [-0.2, -0.15) is 0 Å². The highest BCUT2D eigenvalue weighted by atomic mass is 16.5. The van der Waals surface area contributed by atoms with Crippen LogP contribution in [-0.4, -0.2) is 53.4 Å². The molecule has 2 rings (SSSR count). The van der Waals surface area contributed by atoms with Gasteiger partial charge in [-0.3, -0.25) is 19.3 Å². The minimum absolute atomic E-state index is 0.0839. The molecule has 8 heteroatoms. The highest BCUT2D eigenvalue weighted by molar-refractivity contribution is 6.08. The van der Waals surface area contributed by atoms with E-state index in [0.29, 0.717) is 24.7 Å². The molecule has 1 aliphatic carbocycles. The van der Waals surface area contributed by atoms with Crippen molar-refractivity contribution >= 4 is 23.8 Å². The number of nitrogens with one attached hydrogen (secondary N) is 2. The van der Waals surface area contributed by atoms with E-state index >= 15 is 0 Å². The number of carbonyl (C=O) groups excluding carboxylic acids is 4. The molecule has 0 unspecified atom stereocenters. The molecule has 2 N–H and O–H groups in total. The average molecular weight is 381 g/mol. The van der Waals surface area contributed by atoms with E-state index in [1.807, 2.05) is 0 Å². The van der Waals surface area contributed by atoms with Gasteiger partial charge in [0.15, 0.2) is 6.61 Å². The van der Waals surface area contributed by atoms with Crippen molar-refractivity contribution in [3.8, 4) is 0 Å². The van der Waals surface area contributed by atoms with Crippen molar-refractivity contribution in [3.63, 3.8) is 0 Å². The Morgan fingerprint density at radius 3 is 2.48 bits per heavy atom. The van der Waals surface area contributed by atoms with Crippen molar-refractivity contribution in [2.45, 2.75) is 71.4 Å². The maximum atomic E-state index is 12.5. The van der Waals surface area contributed by atoms with Crippen LogP contribution in [0, 0.1) is 11.8 Å². The quantitative estimate of drug-likeness (QED) is 0.515. The third-order valence-electron chi connectivity index (χ3n) is 6.16. The van der Waals surface area contributed by atoms with Gasteiger partial charge in [0.25, 0.3) is 11.8 Å². The van der Waals surface area contributed by atoms with Crippen LogP contribution in [0.2, 0.25) is 0 Å². The van der Waals surface area contributed by atoms with Crippen LogP contribution in [0.3, 0.4) is 0 Å². The third kappa shape index (κ3) is 4.59. The smallest absolute Gasteiger partial charge is 0.326 e. The SMILES string of the molecule is CCC1(CC)NC(=O)N(CC(=O)OCC(=O)N[C@H]2CCC[C@H](C)[C@@H]2C)C1=O. The Morgan fingerprint density at radius 2 is 1.89 bits per heavy atom. The molecule has 0 bridgehead atoms. The first-order valence-corrected chi connectivity index (χ1v) is 9.83. The summed E-state index contributed by atoms with van der Waals surface area (Å²) in [7, 11) is 0. The molecule has 27 heavy (non-hydrogen) atoms. The summed E-state index contributed by atoms with van der Waals surface area (Å²) in [4.78, 5) is 49.4. The summed E-state index contributed by atoms with van der Waals surface area (Å²) < 4.78 is 4.98. The second-order valence-corrected chi connectivity index (χ2v) is 7.71. The first kappa shape index (κ1) is 21.2. The van der Waals surface area contributed by atoms with E-state index in [-0.39, 0.29) is 11.9 Å². The van der Waals surface area contributed by atoms with Crippen molar-refractivity contribution in [1.82, 2.24) is 15.5 Å². The summed E-state index contributed by atoms with van der Waals surface area (Å²) in [5.74, 6) is -0.641. The van der Waals surface area contributed by atoms with E-state index in [0.717, 1.165) is 24.2 Å². The van der Waals surface area contributed by atoms with Gasteiger partial charge in [0.2, 0.25) is 0 Å². The van der Waals surface area contributed by atoms with Crippen molar-refractivity contribution in [1.29, 1.82) is 0 Å². The summed E-state index contributed by atoms with van der Waals surface area (Å²) in [5.41, 5.74) is -0.956. The number of imide groups is 1. The normalized spacial score (nSPS) is 27.3. The Kier molecular flexibility index (Phi) is 6.84. The van der Waals surface area contributed by atoms with Gasteiger partial charge in [-0.15, -0.1) is 0 Å². The van der Waals surface area contributed by atoms with Crippen LogP contribution in [0.4, 0.5) is 4.79 Å². The van der Waals surface area contributed by atoms with Crippen LogP contribution in [0.5, 0.6) is 0 Å². The van der Waals surface area contributed by atoms with Gasteiger partial charge in [0.1, 0.15) is 12.1 Å². The van der Waals surface area contributed by atoms with Gasteiger partial charge >= 0.3 is 12.0 Å². The molecular formula is C19H31N3O5. The maximum absolute atomic E-state index is 12.5. The second-order valence-electron chi connectivity index (χ2n) is 7.71. The predicted molar refractivity (Wildman–Crippen MR) is 98.6 cm³/mol. The molecule has 0 aromatic heterocycles. The summed E-state index contributed by atoms with van der Waals surface area (Å²) in [6.07, 6.45) is 4.04. The fraction of sp³-hybridized carbons (Fsp3) is 0.789. The van der Waals surface area contributed by atoms with Gasteiger partial charge in [0, 0.05) is 6.04 Å². The largest absolute Gasteiger partial charge is 0.454 e. The van der Waals surface area contributed by atoms with Crippen LogP contribution in [0.1, 0.15) is 59.8 Å². The van der Waals surface area contributed by atoms with Crippen molar-refractivity contribution in [3.05, 3.63) is 0 Å². The molecule has 0 aromatic carbocycles. The van der Waals surface area contributed by atoms with Gasteiger partial charge in [-0.25, -0.2) is 4.79 Å². The molecule has 1 saturated heterocycles. The zero-order valence-electron chi connectivity index (χ0n) is 16.7. The van der Waals surface area contributed by atoms with E-state index in [1.54, 1.807) is 13.8 Å². The van der Waals surface area contributed by atoms with Crippen molar-refractivity contribution in [2.24, 2.45) is 11.8 Å². The Morgan fingerprint density at radius 1 is 1.22 bits per heavy atom. The van der Waals surface area contributed by atoms with E-state index in [9.17, 15) is 19.2 Å². The monoisotopic (exact) mass is 381 g/mol. The van der Waals surface area contributed by atoms with Gasteiger partial charge < -0.3 is 15.4 Å². The number of nitrogens with zero attached hydrogens (tertiary/aromatic N) is 1. The molecular weight excluding hydrogens is 350 g/mol. The van der Waals surface area contributed by atoms with Gasteiger partial charge in [-0.05, 0) is 31.1 Å². The Bertz CT molecular complexity index is 602. The van der Waals surface area contributed by atoms with E-state index in [4.69, 9.17) is 4.74 Å². The Balaban J connectivity index is 1.81. The average Bonchev–Trinajstić information content (AvgIpc) is 2.88. The number of amides is 4. The van der Waals surface area contributed by atoms with E-state index in [1.165, 1.54) is 0 Å². The summed E-state index contributed by atoms with van der Waals surface area (Å²) in [5, 5.41) is 5.57. The number of hydrogen-bond acceptors (Lipinski definition) is 5. The van der Waals surface area contributed by atoms with Crippen LogP contribution in [-0.2, 0) is 19.1 Å². The molecule has 0 spiro atoms. The molecule has 1 saturated carbocycles. The molecule has 152 valence electrons. The maximum Gasteiger partial charge on any atom is 0.326 e. The number of esters is 1. The summed E-state index contributed by atoms with van der Waals surface area (Å²) >= 11 is 0. The second kappa shape index (κ2) is 8.71. The lowest BCUT2D eigenvalue weighted by atomic mass is 9.78. The lowest BCUT2D eigenvalue weighted by molar-refractivity contribution is -0.151. The minimum atomic E-state index is -0.956. The molecule has 2 fully saturated rings. The first-order valence-electron chi connectivity index (χ1n) is 9.83. The third-order valence-corrected chi connectivity index (χ3v) is 6.16. The zero-order chi connectivity index (χ0) is 20.2. The molecule has 1 heterocycles. The van der Waals surface area contributed by atoms with E-state index in [2.05, 4.69) is 24.5 Å². The Hall–Kier alpha value is -2.12. The lowest BCUT2D eigenvalue weighted by Gasteiger charge is -2.34. The topological polar surface area (TPSA) is 105 Å². The highest BCUT2D eigenvalue weighted by Gasteiger charge is 2.49. The van der Waals surface area contributed by atoms with Crippen molar-refractivity contribution in [2.75, 3.05) is 13.2 Å². The number of rotatable bonds is 7. The molecule has 0 radical (unpaired) electrons. The van der Waals surface area contributed by atoms with Crippen LogP contribution < -0.4 is 10.6 Å². The highest BCUT2D eigenvalue weighted by Crippen LogP contribution is 2.29. The number of carbonyl (C=O) groups is 4. The number of urea groups is 1.